The Kier molecular flexibility index (Phi) is 3.07. The summed E-state index contributed by atoms with van der Waals surface area (Å²) in [6.45, 7) is 0. The maximum absolute atomic E-state index is 11.6. The molecule has 1 aliphatic carbocycles. The minimum Gasteiger partial charge on any atom is -0.299 e. The van der Waals surface area contributed by atoms with Crippen LogP contribution in [0.3, 0.4) is 0 Å². The first-order chi connectivity index (χ1) is 6.66. The number of benzene rings is 1. The van der Waals surface area contributed by atoms with Crippen LogP contribution in [-0.2, 0) is 4.79 Å². The third kappa shape index (κ3) is 2.09. The Morgan fingerprint density at radius 2 is 1.79 bits per heavy atom. The molecule has 1 fully saturated rings. The van der Waals surface area contributed by atoms with Gasteiger partial charge in [-0.2, -0.15) is 0 Å². The monoisotopic (exact) mass is 316 g/mol. The predicted octanol–water partition coefficient (Wildman–Crippen LogP) is 4.05. The average molecular weight is 318 g/mol. The van der Waals surface area contributed by atoms with Crippen molar-refractivity contribution in [3.05, 3.63) is 32.7 Å². The second kappa shape index (κ2) is 4.15. The molecule has 0 saturated heterocycles. The molecular formula is C11H10Br2O. The van der Waals surface area contributed by atoms with Crippen molar-refractivity contribution >= 4 is 37.6 Å². The predicted molar refractivity (Wildman–Crippen MR) is 63.4 cm³/mol. The second-order valence-corrected chi connectivity index (χ2v) is 5.45. The van der Waals surface area contributed by atoms with Crippen molar-refractivity contribution in [3.63, 3.8) is 0 Å². The molecule has 74 valence electrons. The summed E-state index contributed by atoms with van der Waals surface area (Å²) in [6, 6.07) is 6.07. The number of halogens is 2. The first-order valence-corrected chi connectivity index (χ1v) is 6.24. The highest BCUT2D eigenvalue weighted by molar-refractivity contribution is 9.11. The summed E-state index contributed by atoms with van der Waals surface area (Å²) in [7, 11) is 0. The Bertz CT molecular complexity index is 353. The number of carbonyl (C=O) groups is 1. The van der Waals surface area contributed by atoms with Crippen LogP contribution in [0.2, 0.25) is 0 Å². The van der Waals surface area contributed by atoms with Crippen LogP contribution in [0.1, 0.15) is 30.7 Å². The summed E-state index contributed by atoms with van der Waals surface area (Å²) >= 11 is 6.88. The molecule has 0 spiro atoms. The molecule has 1 aromatic rings. The lowest BCUT2D eigenvalue weighted by Crippen LogP contribution is -2.03. The van der Waals surface area contributed by atoms with Gasteiger partial charge in [0.15, 0.2) is 0 Å². The molecule has 1 aliphatic rings. The SMILES string of the molecule is O=C1CCCC1c1cc(Br)cc(Br)c1. The van der Waals surface area contributed by atoms with Gasteiger partial charge >= 0.3 is 0 Å². The lowest BCUT2D eigenvalue weighted by Gasteiger charge is -2.09. The van der Waals surface area contributed by atoms with Crippen molar-refractivity contribution in [2.24, 2.45) is 0 Å². The maximum Gasteiger partial charge on any atom is 0.140 e. The van der Waals surface area contributed by atoms with E-state index in [0.29, 0.717) is 5.78 Å². The van der Waals surface area contributed by atoms with E-state index in [2.05, 4.69) is 31.9 Å². The molecule has 3 heteroatoms. The Morgan fingerprint density at radius 3 is 2.29 bits per heavy atom. The zero-order valence-corrected chi connectivity index (χ0v) is 10.8. The Balaban J connectivity index is 2.35. The van der Waals surface area contributed by atoms with Crippen LogP contribution in [0.25, 0.3) is 0 Å². The van der Waals surface area contributed by atoms with Gasteiger partial charge in [0, 0.05) is 21.3 Å². The van der Waals surface area contributed by atoms with Gasteiger partial charge in [-0.25, -0.2) is 0 Å². The van der Waals surface area contributed by atoms with E-state index in [1.807, 2.05) is 18.2 Å². The number of Topliss-reactive ketones (excluding diaryl/α,β-unsaturated/α-hetero) is 1. The highest BCUT2D eigenvalue weighted by atomic mass is 79.9. The largest absolute Gasteiger partial charge is 0.299 e. The van der Waals surface area contributed by atoms with E-state index in [1.54, 1.807) is 0 Å². The number of hydrogen-bond acceptors (Lipinski definition) is 1. The van der Waals surface area contributed by atoms with Crippen LogP contribution in [-0.4, -0.2) is 5.78 Å². The second-order valence-electron chi connectivity index (χ2n) is 3.61. The first-order valence-electron chi connectivity index (χ1n) is 4.65. The van der Waals surface area contributed by atoms with Gasteiger partial charge in [-0.15, -0.1) is 0 Å². The molecule has 1 saturated carbocycles. The number of hydrogen-bond donors (Lipinski definition) is 0. The van der Waals surface area contributed by atoms with Gasteiger partial charge in [-0.05, 0) is 36.6 Å². The quantitative estimate of drug-likeness (QED) is 0.763. The summed E-state index contributed by atoms with van der Waals surface area (Å²) in [5, 5.41) is 0. The molecule has 14 heavy (non-hydrogen) atoms. The third-order valence-electron chi connectivity index (χ3n) is 2.59. The van der Waals surface area contributed by atoms with E-state index >= 15 is 0 Å². The Labute approximate surface area is 100 Å². The van der Waals surface area contributed by atoms with Crippen LogP contribution < -0.4 is 0 Å². The van der Waals surface area contributed by atoms with E-state index in [1.165, 1.54) is 0 Å². The normalized spacial score (nSPS) is 21.6. The topological polar surface area (TPSA) is 17.1 Å². The molecule has 1 unspecified atom stereocenters. The van der Waals surface area contributed by atoms with Crippen molar-refractivity contribution in [1.29, 1.82) is 0 Å². The molecule has 0 radical (unpaired) electrons. The number of ketones is 1. The van der Waals surface area contributed by atoms with Gasteiger partial charge in [0.25, 0.3) is 0 Å². The lowest BCUT2D eigenvalue weighted by molar-refractivity contribution is -0.118. The van der Waals surface area contributed by atoms with Gasteiger partial charge < -0.3 is 0 Å². The van der Waals surface area contributed by atoms with Crippen LogP contribution in [0, 0.1) is 0 Å². The van der Waals surface area contributed by atoms with E-state index in [0.717, 1.165) is 33.8 Å². The minimum atomic E-state index is 0.129. The van der Waals surface area contributed by atoms with Gasteiger partial charge in [0.05, 0.1) is 0 Å². The van der Waals surface area contributed by atoms with Crippen molar-refractivity contribution in [3.8, 4) is 0 Å². The van der Waals surface area contributed by atoms with Crippen molar-refractivity contribution in [1.82, 2.24) is 0 Å². The van der Waals surface area contributed by atoms with Gasteiger partial charge in [-0.3, -0.25) is 4.79 Å². The third-order valence-corrected chi connectivity index (χ3v) is 3.51. The summed E-state index contributed by atoms with van der Waals surface area (Å²) in [5.41, 5.74) is 1.13. The number of rotatable bonds is 1. The molecule has 1 aromatic carbocycles. The molecule has 0 N–H and O–H groups in total. The van der Waals surface area contributed by atoms with Crippen LogP contribution >= 0.6 is 31.9 Å². The Morgan fingerprint density at radius 1 is 1.14 bits per heavy atom. The van der Waals surface area contributed by atoms with Crippen molar-refractivity contribution < 1.29 is 4.79 Å². The molecular weight excluding hydrogens is 308 g/mol. The van der Waals surface area contributed by atoms with E-state index in [9.17, 15) is 4.79 Å². The van der Waals surface area contributed by atoms with Crippen LogP contribution in [0.4, 0.5) is 0 Å². The smallest absolute Gasteiger partial charge is 0.140 e. The number of carbonyl (C=O) groups excluding carboxylic acids is 1. The highest BCUT2D eigenvalue weighted by Crippen LogP contribution is 2.34. The van der Waals surface area contributed by atoms with Gasteiger partial charge in [-0.1, -0.05) is 31.9 Å². The molecule has 1 atom stereocenters. The summed E-state index contributed by atoms with van der Waals surface area (Å²) < 4.78 is 2.06. The maximum atomic E-state index is 11.6. The van der Waals surface area contributed by atoms with Gasteiger partial charge in [0.1, 0.15) is 5.78 Å². The Hall–Kier alpha value is -0.150. The molecule has 0 bridgehead atoms. The van der Waals surface area contributed by atoms with Crippen LogP contribution in [0.5, 0.6) is 0 Å². The molecule has 0 amide bonds. The zero-order chi connectivity index (χ0) is 10.1. The fourth-order valence-corrected chi connectivity index (χ4v) is 3.27. The summed E-state index contributed by atoms with van der Waals surface area (Å²) in [4.78, 5) is 11.6. The van der Waals surface area contributed by atoms with E-state index in [-0.39, 0.29) is 5.92 Å². The average Bonchev–Trinajstić information content (AvgIpc) is 2.49. The lowest BCUT2D eigenvalue weighted by atomic mass is 9.97. The molecule has 0 aromatic heterocycles. The molecule has 2 rings (SSSR count). The minimum absolute atomic E-state index is 0.129. The van der Waals surface area contributed by atoms with Gasteiger partial charge in [0.2, 0.25) is 0 Å². The fraction of sp³-hybridized carbons (Fsp3) is 0.364. The summed E-state index contributed by atoms with van der Waals surface area (Å²) in [5.74, 6) is 0.513. The van der Waals surface area contributed by atoms with E-state index in [4.69, 9.17) is 0 Å². The molecule has 0 heterocycles. The van der Waals surface area contributed by atoms with Crippen molar-refractivity contribution in [2.75, 3.05) is 0 Å². The highest BCUT2D eigenvalue weighted by Gasteiger charge is 2.26. The molecule has 1 nitrogen and oxygen atoms in total. The summed E-state index contributed by atoms with van der Waals surface area (Å²) in [6.07, 6.45) is 2.78. The molecule has 0 aliphatic heterocycles. The standard InChI is InChI=1S/C11H10Br2O/c12-8-4-7(5-9(13)6-8)10-2-1-3-11(10)14/h4-6,10H,1-3H2. The van der Waals surface area contributed by atoms with E-state index < -0.39 is 0 Å². The fourth-order valence-electron chi connectivity index (χ4n) is 1.94. The van der Waals surface area contributed by atoms with Crippen molar-refractivity contribution in [2.45, 2.75) is 25.2 Å². The zero-order valence-electron chi connectivity index (χ0n) is 7.59. The first kappa shape index (κ1) is 10.4. The van der Waals surface area contributed by atoms with Crippen LogP contribution in [0.15, 0.2) is 27.1 Å².